The molecule has 0 spiro atoms. The molecule has 0 aliphatic carbocycles. The number of hydrogen-bond donors (Lipinski definition) is 1. The van der Waals surface area contributed by atoms with Crippen molar-refractivity contribution >= 4 is 0 Å². The maximum atomic E-state index is 13.4. The first-order valence-electron chi connectivity index (χ1n) is 6.77. The molecule has 2 aromatic rings. The molecule has 1 aromatic heterocycles. The van der Waals surface area contributed by atoms with Gasteiger partial charge in [-0.3, -0.25) is 9.58 Å². The first-order valence-corrected chi connectivity index (χ1v) is 6.77. The lowest BCUT2D eigenvalue weighted by Crippen LogP contribution is -2.45. The van der Waals surface area contributed by atoms with Crippen LogP contribution in [0.3, 0.4) is 0 Å². The van der Waals surface area contributed by atoms with Gasteiger partial charge in [-0.1, -0.05) is 12.1 Å². The van der Waals surface area contributed by atoms with Crippen LogP contribution in [-0.2, 0) is 13.6 Å². The van der Waals surface area contributed by atoms with Crippen LogP contribution < -0.4 is 5.32 Å². The number of aromatic nitrogens is 3. The summed E-state index contributed by atoms with van der Waals surface area (Å²) in [6.07, 6.45) is 1.56. The van der Waals surface area contributed by atoms with Gasteiger partial charge in [-0.25, -0.2) is 9.37 Å². The predicted octanol–water partition coefficient (Wildman–Crippen LogP) is 1.10. The maximum absolute atomic E-state index is 13.4. The van der Waals surface area contributed by atoms with Crippen molar-refractivity contribution in [3.63, 3.8) is 0 Å². The molecule has 0 saturated carbocycles. The van der Waals surface area contributed by atoms with Gasteiger partial charge in [0.2, 0.25) is 0 Å². The third-order valence-electron chi connectivity index (χ3n) is 3.74. The van der Waals surface area contributed by atoms with Crippen LogP contribution in [-0.4, -0.2) is 39.3 Å². The minimum Gasteiger partial charge on any atom is -0.314 e. The third kappa shape index (κ3) is 2.71. The largest absolute Gasteiger partial charge is 0.314 e. The summed E-state index contributed by atoms with van der Waals surface area (Å²) in [6, 6.07) is 6.99. The molecule has 0 bridgehead atoms. The molecule has 1 aliphatic heterocycles. The normalized spacial score (nSPS) is 20.2. The zero-order valence-electron chi connectivity index (χ0n) is 11.5. The molecule has 0 radical (unpaired) electrons. The molecular weight excluding hydrogens is 257 g/mol. The molecule has 0 amide bonds. The fraction of sp³-hybridized carbons (Fsp3) is 0.429. The van der Waals surface area contributed by atoms with E-state index in [4.69, 9.17) is 0 Å². The number of piperazine rings is 1. The zero-order valence-corrected chi connectivity index (χ0v) is 11.5. The molecule has 1 unspecified atom stereocenters. The molecule has 1 aromatic carbocycles. The summed E-state index contributed by atoms with van der Waals surface area (Å²) in [4.78, 5) is 6.59. The zero-order chi connectivity index (χ0) is 13.9. The Bertz CT molecular complexity index is 582. The van der Waals surface area contributed by atoms with E-state index >= 15 is 0 Å². The summed E-state index contributed by atoms with van der Waals surface area (Å²) < 4.78 is 15.2. The number of aryl methyl sites for hydroxylation is 1. The van der Waals surface area contributed by atoms with Gasteiger partial charge in [-0.2, -0.15) is 5.10 Å². The Morgan fingerprint density at radius 1 is 1.45 bits per heavy atom. The van der Waals surface area contributed by atoms with Gasteiger partial charge in [0.15, 0.2) is 0 Å². The predicted molar refractivity (Wildman–Crippen MR) is 73.4 cm³/mol. The summed E-state index contributed by atoms with van der Waals surface area (Å²) in [5.41, 5.74) is 0.999. The molecule has 3 rings (SSSR count). The van der Waals surface area contributed by atoms with Crippen molar-refractivity contribution in [1.82, 2.24) is 25.0 Å². The van der Waals surface area contributed by atoms with Crippen LogP contribution >= 0.6 is 0 Å². The molecule has 5 nitrogen and oxygen atoms in total. The van der Waals surface area contributed by atoms with Crippen LogP contribution in [0.1, 0.15) is 17.4 Å². The van der Waals surface area contributed by atoms with E-state index in [0.717, 1.165) is 37.6 Å². The van der Waals surface area contributed by atoms with Crippen LogP contribution in [0.15, 0.2) is 30.6 Å². The fourth-order valence-electron chi connectivity index (χ4n) is 2.62. The highest BCUT2D eigenvalue weighted by Gasteiger charge is 2.25. The second-order valence-corrected chi connectivity index (χ2v) is 5.05. The Labute approximate surface area is 117 Å². The average Bonchev–Trinajstić information content (AvgIpc) is 2.85. The Morgan fingerprint density at radius 3 is 3.10 bits per heavy atom. The van der Waals surface area contributed by atoms with E-state index in [9.17, 15) is 4.39 Å². The lowest BCUT2D eigenvalue weighted by molar-refractivity contribution is 0.148. The van der Waals surface area contributed by atoms with Gasteiger partial charge in [0.1, 0.15) is 18.0 Å². The number of halogens is 1. The van der Waals surface area contributed by atoms with Gasteiger partial charge in [0.25, 0.3) is 0 Å². The summed E-state index contributed by atoms with van der Waals surface area (Å²) in [5.74, 6) is 0.736. The summed E-state index contributed by atoms with van der Waals surface area (Å²) >= 11 is 0. The van der Waals surface area contributed by atoms with Crippen LogP contribution in [0.5, 0.6) is 0 Å². The molecule has 1 fully saturated rings. The lowest BCUT2D eigenvalue weighted by Gasteiger charge is -2.36. The Hall–Kier alpha value is -1.79. The molecule has 1 atom stereocenters. The second-order valence-electron chi connectivity index (χ2n) is 5.05. The number of hydrogen-bond acceptors (Lipinski definition) is 4. The Kier molecular flexibility index (Phi) is 3.75. The Morgan fingerprint density at radius 2 is 2.35 bits per heavy atom. The van der Waals surface area contributed by atoms with Crippen molar-refractivity contribution in [2.24, 2.45) is 7.05 Å². The topological polar surface area (TPSA) is 46.0 Å². The van der Waals surface area contributed by atoms with Crippen LogP contribution in [0.4, 0.5) is 4.39 Å². The average molecular weight is 275 g/mol. The van der Waals surface area contributed by atoms with E-state index in [2.05, 4.69) is 20.3 Å². The number of nitrogens with one attached hydrogen (secondary N) is 1. The van der Waals surface area contributed by atoms with Gasteiger partial charge >= 0.3 is 0 Å². The van der Waals surface area contributed by atoms with Crippen molar-refractivity contribution in [1.29, 1.82) is 0 Å². The minimum absolute atomic E-state index is 0.163. The van der Waals surface area contributed by atoms with Crippen molar-refractivity contribution in [2.45, 2.75) is 12.6 Å². The van der Waals surface area contributed by atoms with Crippen LogP contribution in [0.25, 0.3) is 0 Å². The molecule has 1 aliphatic rings. The molecule has 2 heterocycles. The van der Waals surface area contributed by atoms with Crippen molar-refractivity contribution in [3.05, 3.63) is 47.8 Å². The SMILES string of the molecule is Cn1ncnc1CN1CCNCC1c1cccc(F)c1. The van der Waals surface area contributed by atoms with Crippen molar-refractivity contribution < 1.29 is 4.39 Å². The van der Waals surface area contributed by atoms with Gasteiger partial charge in [0.05, 0.1) is 6.54 Å². The van der Waals surface area contributed by atoms with Gasteiger partial charge in [0, 0.05) is 32.7 Å². The summed E-state index contributed by atoms with van der Waals surface area (Å²) in [6.45, 7) is 3.39. The quantitative estimate of drug-likeness (QED) is 0.911. The third-order valence-corrected chi connectivity index (χ3v) is 3.74. The first-order chi connectivity index (χ1) is 9.74. The van der Waals surface area contributed by atoms with Gasteiger partial charge < -0.3 is 5.32 Å². The van der Waals surface area contributed by atoms with E-state index in [1.54, 1.807) is 23.1 Å². The second kappa shape index (κ2) is 5.68. The highest BCUT2D eigenvalue weighted by atomic mass is 19.1. The molecule has 1 saturated heterocycles. The standard InChI is InChI=1S/C14H18FN5/c1-19-14(17-10-18-19)9-20-6-5-16-8-13(20)11-3-2-4-12(15)7-11/h2-4,7,10,13,16H,5-6,8-9H2,1H3. The fourth-order valence-corrected chi connectivity index (χ4v) is 2.62. The first kappa shape index (κ1) is 13.2. The highest BCUT2D eigenvalue weighted by molar-refractivity contribution is 5.21. The van der Waals surface area contributed by atoms with Crippen molar-refractivity contribution in [3.8, 4) is 0 Å². The summed E-state index contributed by atoms with van der Waals surface area (Å²) in [7, 11) is 1.89. The van der Waals surface area contributed by atoms with E-state index in [1.165, 1.54) is 6.07 Å². The van der Waals surface area contributed by atoms with E-state index in [1.807, 2.05) is 13.1 Å². The van der Waals surface area contributed by atoms with Gasteiger partial charge in [-0.15, -0.1) is 0 Å². The number of rotatable bonds is 3. The molecule has 6 heteroatoms. The monoisotopic (exact) mass is 275 g/mol. The smallest absolute Gasteiger partial charge is 0.140 e. The van der Waals surface area contributed by atoms with Crippen LogP contribution in [0.2, 0.25) is 0 Å². The van der Waals surface area contributed by atoms with E-state index in [-0.39, 0.29) is 11.9 Å². The minimum atomic E-state index is -0.188. The molecule has 20 heavy (non-hydrogen) atoms. The van der Waals surface area contributed by atoms with Crippen LogP contribution in [0, 0.1) is 5.82 Å². The Balaban J connectivity index is 1.82. The number of benzene rings is 1. The highest BCUT2D eigenvalue weighted by Crippen LogP contribution is 2.24. The van der Waals surface area contributed by atoms with Crippen molar-refractivity contribution in [2.75, 3.05) is 19.6 Å². The summed E-state index contributed by atoms with van der Waals surface area (Å²) in [5, 5.41) is 7.47. The van der Waals surface area contributed by atoms with Gasteiger partial charge in [-0.05, 0) is 17.7 Å². The lowest BCUT2D eigenvalue weighted by atomic mass is 10.0. The molecule has 106 valence electrons. The van der Waals surface area contributed by atoms with E-state index in [0.29, 0.717) is 0 Å². The number of nitrogens with zero attached hydrogens (tertiary/aromatic N) is 4. The molecular formula is C14H18FN5. The molecule has 1 N–H and O–H groups in total. The maximum Gasteiger partial charge on any atom is 0.140 e. The van der Waals surface area contributed by atoms with E-state index < -0.39 is 0 Å².